The molecule has 264 valence electrons. The molecule has 0 amide bonds. The van der Waals surface area contributed by atoms with Crippen molar-refractivity contribution in [1.29, 1.82) is 0 Å². The minimum Gasteiger partial charge on any atom is -0.396 e. The van der Waals surface area contributed by atoms with E-state index in [2.05, 4.69) is 62.5 Å². The number of hydrogen-bond acceptors (Lipinski definition) is 2. The van der Waals surface area contributed by atoms with Gasteiger partial charge in [0.1, 0.15) is 0 Å². The van der Waals surface area contributed by atoms with E-state index in [-0.39, 0.29) is 18.6 Å². The van der Waals surface area contributed by atoms with E-state index in [0.29, 0.717) is 0 Å². The predicted octanol–water partition coefficient (Wildman–Crippen LogP) is 13.9. The van der Waals surface area contributed by atoms with Crippen LogP contribution in [0.15, 0.2) is 48.6 Å². The molecule has 0 rings (SSSR count). The Hall–Kier alpha value is -1.12. The van der Waals surface area contributed by atoms with E-state index in [0.717, 1.165) is 38.5 Å². The first kappa shape index (κ1) is 43.9. The lowest BCUT2D eigenvalue weighted by Crippen LogP contribution is -2.29. The Balaban J connectivity index is 3.61. The van der Waals surface area contributed by atoms with Crippen LogP contribution in [0.1, 0.15) is 206 Å². The molecule has 0 bridgehead atoms. The normalized spacial score (nSPS) is 12.7. The number of unbranched alkanes of at least 4 members (excludes halogenated alkanes) is 22. The number of aliphatic hydroxyl groups excluding tert-OH is 2. The lowest BCUT2D eigenvalue weighted by atomic mass is 9.79. The van der Waals surface area contributed by atoms with Crippen LogP contribution in [-0.4, -0.2) is 23.4 Å². The summed E-state index contributed by atoms with van der Waals surface area (Å²) in [5.74, 6) is 0. The molecule has 0 aromatic carbocycles. The Morgan fingerprint density at radius 3 is 0.889 bits per heavy atom. The highest BCUT2D eigenvalue weighted by atomic mass is 16.3. The highest BCUT2D eigenvalue weighted by Crippen LogP contribution is 2.31. The van der Waals surface area contributed by atoms with Crippen molar-refractivity contribution in [2.24, 2.45) is 5.41 Å². The second kappa shape index (κ2) is 37.3. The van der Waals surface area contributed by atoms with E-state index >= 15 is 0 Å². The maximum Gasteiger partial charge on any atom is 0.0509 e. The quantitative estimate of drug-likeness (QED) is 0.0535. The van der Waals surface area contributed by atoms with E-state index in [1.807, 2.05) is 0 Å². The summed E-state index contributed by atoms with van der Waals surface area (Å²) in [7, 11) is 0. The molecule has 0 aliphatic rings. The van der Waals surface area contributed by atoms with Crippen LogP contribution in [0.5, 0.6) is 0 Å². The third kappa shape index (κ3) is 32.6. The number of aliphatic hydroxyl groups is 2. The van der Waals surface area contributed by atoms with Gasteiger partial charge in [-0.05, 0) is 77.0 Å². The molecule has 0 heterocycles. The van der Waals surface area contributed by atoms with Crippen LogP contribution in [0.3, 0.4) is 0 Å². The zero-order valence-corrected chi connectivity index (χ0v) is 30.6. The Kier molecular flexibility index (Phi) is 36.4. The minimum atomic E-state index is -0.253. The molecule has 0 aromatic heterocycles. The molecule has 0 fully saturated rings. The highest BCUT2D eigenvalue weighted by Gasteiger charge is 2.27. The van der Waals surface area contributed by atoms with Crippen LogP contribution >= 0.6 is 0 Å². The van der Waals surface area contributed by atoms with E-state index in [1.54, 1.807) is 0 Å². The van der Waals surface area contributed by atoms with E-state index in [9.17, 15) is 10.2 Å². The Labute approximate surface area is 283 Å². The largest absolute Gasteiger partial charge is 0.396 e. The molecule has 0 saturated carbocycles. The van der Waals surface area contributed by atoms with Crippen LogP contribution in [0.25, 0.3) is 0 Å². The van der Waals surface area contributed by atoms with Crippen molar-refractivity contribution < 1.29 is 10.2 Å². The fourth-order valence-electron chi connectivity index (χ4n) is 6.17. The molecule has 0 radical (unpaired) electrons. The second-order valence-corrected chi connectivity index (χ2v) is 13.9. The molecule has 0 aliphatic heterocycles. The average molecular weight is 629 g/mol. The van der Waals surface area contributed by atoms with Gasteiger partial charge < -0.3 is 10.2 Å². The number of rotatable bonds is 36. The molecule has 2 heteroatoms. The first-order valence-corrected chi connectivity index (χ1v) is 20.1. The predicted molar refractivity (Wildman–Crippen MR) is 203 cm³/mol. The summed E-state index contributed by atoms with van der Waals surface area (Å²) in [6.07, 6.45) is 56.5. The lowest BCUT2D eigenvalue weighted by Gasteiger charge is -2.30. The van der Waals surface area contributed by atoms with Gasteiger partial charge in [0, 0.05) is 5.41 Å². The van der Waals surface area contributed by atoms with E-state index < -0.39 is 0 Å². The number of hydrogen-bond donors (Lipinski definition) is 2. The summed E-state index contributed by atoms with van der Waals surface area (Å²) < 4.78 is 0. The molecular formula is C43H80O2. The van der Waals surface area contributed by atoms with Crippen molar-refractivity contribution in [3.63, 3.8) is 0 Å². The molecule has 0 spiro atoms. The summed E-state index contributed by atoms with van der Waals surface area (Å²) >= 11 is 0. The monoisotopic (exact) mass is 629 g/mol. The van der Waals surface area contributed by atoms with Gasteiger partial charge in [-0.15, -0.1) is 0 Å². The highest BCUT2D eigenvalue weighted by molar-refractivity contribution is 4.93. The van der Waals surface area contributed by atoms with Crippen LogP contribution in [0.2, 0.25) is 0 Å². The van der Waals surface area contributed by atoms with Crippen molar-refractivity contribution in [1.82, 2.24) is 0 Å². The van der Waals surface area contributed by atoms with E-state index in [1.165, 1.54) is 154 Å². The first-order chi connectivity index (χ1) is 22.2. The Bertz CT molecular complexity index is 615. The van der Waals surface area contributed by atoms with Crippen LogP contribution in [-0.2, 0) is 0 Å². The van der Waals surface area contributed by atoms with Crippen LogP contribution in [0.4, 0.5) is 0 Å². The fraction of sp³-hybridized carbons (Fsp3) is 0.814. The average Bonchev–Trinajstić information content (AvgIpc) is 3.06. The van der Waals surface area contributed by atoms with Crippen LogP contribution < -0.4 is 0 Å². The van der Waals surface area contributed by atoms with Crippen molar-refractivity contribution in [3.05, 3.63) is 48.6 Å². The van der Waals surface area contributed by atoms with Crippen molar-refractivity contribution in [2.75, 3.05) is 13.2 Å². The van der Waals surface area contributed by atoms with Crippen molar-refractivity contribution >= 4 is 0 Å². The Morgan fingerprint density at radius 1 is 0.333 bits per heavy atom. The summed E-state index contributed by atoms with van der Waals surface area (Å²) in [5.41, 5.74) is -0.253. The molecular weight excluding hydrogens is 548 g/mol. The third-order valence-corrected chi connectivity index (χ3v) is 9.49. The van der Waals surface area contributed by atoms with Crippen LogP contribution in [0, 0.1) is 5.41 Å². The molecule has 2 N–H and O–H groups in total. The van der Waals surface area contributed by atoms with Gasteiger partial charge in [0.05, 0.1) is 13.2 Å². The van der Waals surface area contributed by atoms with Gasteiger partial charge in [0.2, 0.25) is 0 Å². The van der Waals surface area contributed by atoms with Gasteiger partial charge >= 0.3 is 0 Å². The first-order valence-electron chi connectivity index (χ1n) is 20.1. The molecule has 0 saturated heterocycles. The second-order valence-electron chi connectivity index (χ2n) is 13.9. The smallest absolute Gasteiger partial charge is 0.0509 e. The van der Waals surface area contributed by atoms with Crippen molar-refractivity contribution in [2.45, 2.75) is 206 Å². The van der Waals surface area contributed by atoms with Gasteiger partial charge in [-0.2, -0.15) is 0 Å². The summed E-state index contributed by atoms with van der Waals surface area (Å²) in [6.45, 7) is 4.79. The molecule has 45 heavy (non-hydrogen) atoms. The maximum atomic E-state index is 10.1. The van der Waals surface area contributed by atoms with Crippen molar-refractivity contribution in [3.8, 4) is 0 Å². The van der Waals surface area contributed by atoms with E-state index in [4.69, 9.17) is 0 Å². The topological polar surface area (TPSA) is 40.5 Å². The summed E-state index contributed by atoms with van der Waals surface area (Å²) in [4.78, 5) is 0. The molecule has 2 nitrogen and oxygen atoms in total. The maximum absolute atomic E-state index is 10.1. The zero-order chi connectivity index (χ0) is 32.8. The zero-order valence-electron chi connectivity index (χ0n) is 30.6. The summed E-state index contributed by atoms with van der Waals surface area (Å²) in [6, 6.07) is 0. The summed E-state index contributed by atoms with van der Waals surface area (Å²) in [5, 5.41) is 20.2. The molecule has 0 atom stereocenters. The minimum absolute atomic E-state index is 0.136. The standard InChI is InChI=1S/C43H80O2/c1-3-5-7-9-11-13-15-17-19-21-23-25-27-29-31-33-35-37-39-43(41-44,42-45)40-38-36-34-32-30-28-26-24-22-20-18-16-14-12-10-8-6-4-2/h11-14,17-20,44-45H,3-10,15-16,21-42H2,1-2H3. The molecule has 0 unspecified atom stereocenters. The third-order valence-electron chi connectivity index (χ3n) is 9.49. The SMILES string of the molecule is CCCCCC=CCC=CCCCCCCCCCCC(CO)(CO)CCCCCCCCCCC=CCC=CCCCCC. The van der Waals surface area contributed by atoms with Gasteiger partial charge in [-0.3, -0.25) is 0 Å². The number of allylic oxidation sites excluding steroid dienone is 8. The van der Waals surface area contributed by atoms with Gasteiger partial charge in [0.25, 0.3) is 0 Å². The van der Waals surface area contributed by atoms with Gasteiger partial charge in [-0.1, -0.05) is 178 Å². The Morgan fingerprint density at radius 2 is 0.600 bits per heavy atom. The lowest BCUT2D eigenvalue weighted by molar-refractivity contribution is 0.0353. The van der Waals surface area contributed by atoms with Gasteiger partial charge in [-0.25, -0.2) is 0 Å². The fourth-order valence-corrected chi connectivity index (χ4v) is 6.17. The molecule has 0 aliphatic carbocycles. The molecule has 0 aromatic rings. The van der Waals surface area contributed by atoms with Gasteiger partial charge in [0.15, 0.2) is 0 Å².